The van der Waals surface area contributed by atoms with E-state index >= 15 is 0 Å². The van der Waals surface area contributed by atoms with Crippen molar-refractivity contribution >= 4 is 26.9 Å². The lowest BCUT2D eigenvalue weighted by Gasteiger charge is -2.24. The maximum Gasteiger partial charge on any atom is 0.0975 e. The number of halogens is 1. The number of hydrogen-bond acceptors (Lipinski definition) is 1. The van der Waals surface area contributed by atoms with Crippen molar-refractivity contribution in [2.75, 3.05) is 0 Å². The highest BCUT2D eigenvalue weighted by atomic mass is 79.9. The fourth-order valence-corrected chi connectivity index (χ4v) is 2.83. The van der Waals surface area contributed by atoms with Gasteiger partial charge in [0, 0.05) is 10.5 Å². The van der Waals surface area contributed by atoms with Gasteiger partial charge < -0.3 is 0 Å². The molecule has 1 N–H and O–H groups in total. The number of nitrogens with one attached hydrogen (secondary N) is 1. The molecular weight excluding hydrogens is 322 g/mol. The molecule has 0 spiro atoms. The van der Waals surface area contributed by atoms with Crippen molar-refractivity contribution in [2.24, 2.45) is 0 Å². The molecule has 0 aliphatic heterocycles. The monoisotopic (exact) mass is 345 g/mol. The Morgan fingerprint density at radius 1 is 1.26 bits per heavy atom. The number of benzene rings is 1. The van der Waals surface area contributed by atoms with Gasteiger partial charge in [0.25, 0.3) is 0 Å². The van der Waals surface area contributed by atoms with Crippen LogP contribution in [0, 0.1) is 0 Å². The van der Waals surface area contributed by atoms with Crippen LogP contribution in [-0.2, 0) is 11.0 Å². The molecule has 19 heavy (non-hydrogen) atoms. The third kappa shape index (κ3) is 5.76. The first-order valence-corrected chi connectivity index (χ1v) is 8.72. The van der Waals surface area contributed by atoms with E-state index in [0.29, 0.717) is 0 Å². The molecule has 0 radical (unpaired) electrons. The Morgan fingerprint density at radius 3 is 2.32 bits per heavy atom. The summed E-state index contributed by atoms with van der Waals surface area (Å²) < 4.78 is 16.4. The van der Waals surface area contributed by atoms with E-state index < -0.39 is 11.0 Å². The average Bonchev–Trinajstić information content (AvgIpc) is 2.34. The van der Waals surface area contributed by atoms with Crippen LogP contribution in [0.3, 0.4) is 0 Å². The molecule has 1 rings (SSSR count). The van der Waals surface area contributed by atoms with Crippen molar-refractivity contribution in [3.05, 3.63) is 34.3 Å². The molecule has 0 aliphatic rings. The summed E-state index contributed by atoms with van der Waals surface area (Å²) in [6.07, 6.45) is 3.30. The van der Waals surface area contributed by atoms with Crippen LogP contribution in [0.4, 0.5) is 0 Å². The highest BCUT2D eigenvalue weighted by Gasteiger charge is 2.23. The zero-order valence-corrected chi connectivity index (χ0v) is 14.6. The van der Waals surface area contributed by atoms with E-state index in [1.165, 1.54) is 5.56 Å². The van der Waals surface area contributed by atoms with E-state index in [9.17, 15) is 4.21 Å². The molecule has 0 heterocycles. The molecule has 0 aromatic heterocycles. The predicted molar refractivity (Wildman–Crippen MR) is 87.4 cm³/mol. The van der Waals surface area contributed by atoms with Gasteiger partial charge in [-0.05, 0) is 44.9 Å². The van der Waals surface area contributed by atoms with Gasteiger partial charge in [-0.1, -0.05) is 47.8 Å². The van der Waals surface area contributed by atoms with Crippen LogP contribution in [0.1, 0.15) is 58.6 Å². The Morgan fingerprint density at radius 2 is 1.84 bits per heavy atom. The van der Waals surface area contributed by atoms with Crippen LogP contribution in [0.2, 0.25) is 0 Å². The Kier molecular flexibility index (Phi) is 6.71. The van der Waals surface area contributed by atoms with Gasteiger partial charge in [-0.15, -0.1) is 0 Å². The van der Waals surface area contributed by atoms with Crippen LogP contribution in [0.5, 0.6) is 0 Å². The van der Waals surface area contributed by atoms with Crippen LogP contribution >= 0.6 is 15.9 Å². The lowest BCUT2D eigenvalue weighted by Crippen LogP contribution is -2.35. The summed E-state index contributed by atoms with van der Waals surface area (Å²) >= 11 is 3.45. The Bertz CT molecular complexity index is 411. The Hall–Kier alpha value is -0.190. The van der Waals surface area contributed by atoms with E-state index in [4.69, 9.17) is 0 Å². The van der Waals surface area contributed by atoms with Crippen molar-refractivity contribution in [1.82, 2.24) is 4.72 Å². The van der Waals surface area contributed by atoms with Gasteiger partial charge in [-0.25, -0.2) is 8.93 Å². The zero-order chi connectivity index (χ0) is 14.5. The third-order valence-electron chi connectivity index (χ3n) is 2.92. The van der Waals surface area contributed by atoms with E-state index in [1.807, 2.05) is 32.9 Å². The molecule has 4 heteroatoms. The van der Waals surface area contributed by atoms with Crippen LogP contribution in [0.15, 0.2) is 28.7 Å². The van der Waals surface area contributed by atoms with Crippen molar-refractivity contribution in [3.8, 4) is 0 Å². The minimum Gasteiger partial charge on any atom is -0.242 e. The summed E-state index contributed by atoms with van der Waals surface area (Å²) in [6.45, 7) is 8.16. The molecule has 0 unspecified atom stereocenters. The fourth-order valence-electron chi connectivity index (χ4n) is 1.70. The summed E-state index contributed by atoms with van der Waals surface area (Å²) in [5.41, 5.74) is 1.20. The van der Waals surface area contributed by atoms with E-state index in [0.717, 1.165) is 23.7 Å². The summed E-state index contributed by atoms with van der Waals surface area (Å²) in [6, 6.07) is 8.42. The SMILES string of the molecule is CCCC[C@H](N[S@](=O)C(C)(C)C)c1ccc(Br)cc1. The maximum absolute atomic E-state index is 12.3. The van der Waals surface area contributed by atoms with Crippen molar-refractivity contribution < 1.29 is 4.21 Å². The Balaban J connectivity index is 2.83. The molecule has 0 aliphatic carbocycles. The summed E-state index contributed by atoms with van der Waals surface area (Å²) in [5, 5.41) is 0. The lowest BCUT2D eigenvalue weighted by atomic mass is 10.0. The normalized spacial score (nSPS) is 15.2. The second kappa shape index (κ2) is 7.55. The zero-order valence-electron chi connectivity index (χ0n) is 12.2. The van der Waals surface area contributed by atoms with Crippen LogP contribution in [0.25, 0.3) is 0 Å². The van der Waals surface area contributed by atoms with Crippen molar-refractivity contribution in [2.45, 2.75) is 57.7 Å². The standard InChI is InChI=1S/C15H24BrNOS/c1-5-6-7-14(17-19(18)15(2,3)4)12-8-10-13(16)11-9-12/h8-11,14,17H,5-7H2,1-4H3/t14-,19+/m0/s1. The molecule has 2 atom stereocenters. The first-order chi connectivity index (χ1) is 8.84. The van der Waals surface area contributed by atoms with Gasteiger partial charge >= 0.3 is 0 Å². The summed E-state index contributed by atoms with van der Waals surface area (Å²) in [5.74, 6) is 0. The molecule has 0 saturated carbocycles. The van der Waals surface area contributed by atoms with Gasteiger partial charge in [0.1, 0.15) is 0 Å². The number of unbranched alkanes of at least 4 members (excludes halogenated alkanes) is 1. The average molecular weight is 346 g/mol. The number of hydrogen-bond donors (Lipinski definition) is 1. The first-order valence-electron chi connectivity index (χ1n) is 6.78. The minimum atomic E-state index is -1.04. The van der Waals surface area contributed by atoms with E-state index in [1.54, 1.807) is 0 Å². The van der Waals surface area contributed by atoms with Gasteiger partial charge in [-0.3, -0.25) is 0 Å². The molecule has 0 bridgehead atoms. The molecular formula is C15H24BrNOS. The fraction of sp³-hybridized carbons (Fsp3) is 0.600. The minimum absolute atomic E-state index is 0.160. The van der Waals surface area contributed by atoms with Gasteiger partial charge in [0.15, 0.2) is 0 Å². The predicted octanol–water partition coefficient (Wildman–Crippen LogP) is 4.73. The quantitative estimate of drug-likeness (QED) is 0.792. The van der Waals surface area contributed by atoms with Gasteiger partial charge in [-0.2, -0.15) is 0 Å². The lowest BCUT2D eigenvalue weighted by molar-refractivity contribution is 0.548. The van der Waals surface area contributed by atoms with Crippen molar-refractivity contribution in [3.63, 3.8) is 0 Å². The third-order valence-corrected chi connectivity index (χ3v) is 5.06. The van der Waals surface area contributed by atoms with E-state index in [2.05, 4.69) is 39.7 Å². The highest BCUT2D eigenvalue weighted by molar-refractivity contribution is 9.10. The largest absolute Gasteiger partial charge is 0.242 e. The molecule has 1 aromatic rings. The molecule has 108 valence electrons. The van der Waals surface area contributed by atoms with Gasteiger partial charge in [0.2, 0.25) is 0 Å². The maximum atomic E-state index is 12.3. The molecule has 1 aromatic carbocycles. The van der Waals surface area contributed by atoms with E-state index in [-0.39, 0.29) is 10.8 Å². The topological polar surface area (TPSA) is 29.1 Å². The second-order valence-electron chi connectivity index (χ2n) is 5.75. The van der Waals surface area contributed by atoms with Crippen molar-refractivity contribution in [1.29, 1.82) is 0 Å². The van der Waals surface area contributed by atoms with Gasteiger partial charge in [0.05, 0.1) is 15.7 Å². The van der Waals surface area contributed by atoms with Crippen LogP contribution < -0.4 is 4.72 Å². The highest BCUT2D eigenvalue weighted by Crippen LogP contribution is 2.23. The Labute approximate surface area is 128 Å². The summed E-state index contributed by atoms with van der Waals surface area (Å²) in [4.78, 5) is 0. The molecule has 0 amide bonds. The molecule has 2 nitrogen and oxygen atoms in total. The first kappa shape index (κ1) is 16.9. The smallest absolute Gasteiger partial charge is 0.0975 e. The number of rotatable bonds is 6. The molecule has 0 saturated heterocycles. The molecule has 0 fully saturated rings. The summed E-state index contributed by atoms with van der Waals surface area (Å²) in [7, 11) is -1.04. The second-order valence-corrected chi connectivity index (χ2v) is 8.66. The van der Waals surface area contributed by atoms with Crippen LogP contribution in [-0.4, -0.2) is 8.96 Å².